The van der Waals surface area contributed by atoms with Gasteiger partial charge in [-0.15, -0.1) is 0 Å². The second-order valence-electron chi connectivity index (χ2n) is 8.80. The van der Waals surface area contributed by atoms with Crippen LogP contribution in [0.2, 0.25) is 0 Å². The fraction of sp³-hybridized carbons (Fsp3) is 0.480. The number of aromatic nitrogens is 3. The lowest BCUT2D eigenvalue weighted by Crippen LogP contribution is -2.39. The van der Waals surface area contributed by atoms with Crippen molar-refractivity contribution in [2.75, 3.05) is 50.5 Å². The van der Waals surface area contributed by atoms with E-state index in [1.54, 1.807) is 11.8 Å². The van der Waals surface area contributed by atoms with Crippen LogP contribution in [0.1, 0.15) is 35.8 Å². The number of rotatable bonds is 8. The summed E-state index contributed by atoms with van der Waals surface area (Å²) in [6.45, 7) is 7.40. The Morgan fingerprint density at radius 2 is 1.97 bits per heavy atom. The van der Waals surface area contributed by atoms with Crippen molar-refractivity contribution in [1.29, 1.82) is 0 Å². The predicted octanol–water partition coefficient (Wildman–Crippen LogP) is 3.46. The van der Waals surface area contributed by atoms with Gasteiger partial charge < -0.3 is 15.4 Å². The van der Waals surface area contributed by atoms with Gasteiger partial charge in [0, 0.05) is 37.7 Å². The molecule has 1 aromatic carbocycles. The molecule has 1 aliphatic rings. The van der Waals surface area contributed by atoms with E-state index in [1.165, 1.54) is 5.39 Å². The number of nitrogens with one attached hydrogen (secondary N) is 2. The van der Waals surface area contributed by atoms with E-state index in [0.717, 1.165) is 66.4 Å². The molecule has 1 amide bonds. The number of amides is 1. The van der Waals surface area contributed by atoms with Crippen molar-refractivity contribution in [2.24, 2.45) is 7.05 Å². The fourth-order valence-corrected chi connectivity index (χ4v) is 4.56. The van der Waals surface area contributed by atoms with Crippen LogP contribution in [0, 0.1) is 13.8 Å². The van der Waals surface area contributed by atoms with Gasteiger partial charge in [-0.25, -0.2) is 4.98 Å². The Hall–Kier alpha value is -2.97. The lowest BCUT2D eigenvalue weighted by atomic mass is 9.92. The van der Waals surface area contributed by atoms with Gasteiger partial charge in [-0.2, -0.15) is 5.10 Å². The van der Waals surface area contributed by atoms with Gasteiger partial charge in [-0.1, -0.05) is 24.3 Å². The maximum Gasteiger partial charge on any atom is 0.238 e. The third kappa shape index (κ3) is 5.34. The number of anilines is 2. The van der Waals surface area contributed by atoms with Gasteiger partial charge in [-0.05, 0) is 51.2 Å². The van der Waals surface area contributed by atoms with Crippen LogP contribution in [-0.2, 0) is 16.6 Å². The molecular weight excluding hydrogens is 416 g/mol. The number of piperidine rings is 1. The summed E-state index contributed by atoms with van der Waals surface area (Å²) in [7, 11) is 3.60. The number of fused-ring (bicyclic) bond motifs is 1. The summed E-state index contributed by atoms with van der Waals surface area (Å²) in [6.07, 6.45) is 1.97. The first-order chi connectivity index (χ1) is 16.0. The zero-order valence-electron chi connectivity index (χ0n) is 20.0. The maximum absolute atomic E-state index is 12.6. The second-order valence-corrected chi connectivity index (χ2v) is 8.80. The van der Waals surface area contributed by atoms with Crippen LogP contribution in [0.5, 0.6) is 0 Å². The fourth-order valence-electron chi connectivity index (χ4n) is 4.56. The van der Waals surface area contributed by atoms with Crippen molar-refractivity contribution in [1.82, 2.24) is 19.7 Å². The first-order valence-corrected chi connectivity index (χ1v) is 11.6. The molecule has 1 fully saturated rings. The summed E-state index contributed by atoms with van der Waals surface area (Å²) in [4.78, 5) is 19.9. The van der Waals surface area contributed by atoms with Gasteiger partial charge in [0.25, 0.3) is 0 Å². The standard InChI is InChI=1S/C25H34N6O2/c1-17-24(18(2)30(3)29-17)28-23(32)16-31-12-9-19(10-13-31)22-15-20-7-5-6-8-21(20)25(27-22)26-11-14-33-4/h5-8,15,19H,9-14,16H2,1-4H3,(H,26,27)(H,28,32). The Morgan fingerprint density at radius 1 is 1.21 bits per heavy atom. The molecule has 1 aliphatic heterocycles. The highest BCUT2D eigenvalue weighted by Crippen LogP contribution is 2.31. The number of nitrogens with zero attached hydrogens (tertiary/aromatic N) is 4. The van der Waals surface area contributed by atoms with Crippen LogP contribution in [0.15, 0.2) is 30.3 Å². The van der Waals surface area contributed by atoms with Crippen molar-refractivity contribution < 1.29 is 9.53 Å². The van der Waals surface area contributed by atoms with Gasteiger partial charge in [0.05, 0.1) is 30.2 Å². The molecule has 176 valence electrons. The Morgan fingerprint density at radius 3 is 2.67 bits per heavy atom. The van der Waals surface area contributed by atoms with E-state index < -0.39 is 0 Å². The summed E-state index contributed by atoms with van der Waals surface area (Å²) < 4.78 is 6.98. The quantitative estimate of drug-likeness (QED) is 0.512. The van der Waals surface area contributed by atoms with E-state index in [1.807, 2.05) is 27.0 Å². The minimum absolute atomic E-state index is 0.0149. The molecule has 0 bridgehead atoms. The minimum atomic E-state index is 0.0149. The van der Waals surface area contributed by atoms with Crippen LogP contribution in [-0.4, -0.2) is 65.5 Å². The number of benzene rings is 1. The first-order valence-electron chi connectivity index (χ1n) is 11.6. The molecule has 2 N–H and O–H groups in total. The summed E-state index contributed by atoms with van der Waals surface area (Å²) in [5.74, 6) is 1.32. The first kappa shape index (κ1) is 23.2. The molecular formula is C25H34N6O2. The molecule has 0 saturated carbocycles. The van der Waals surface area contributed by atoms with E-state index in [9.17, 15) is 4.79 Å². The summed E-state index contributed by atoms with van der Waals surface area (Å²) in [5, 5.41) is 13.2. The van der Waals surface area contributed by atoms with Crippen molar-refractivity contribution in [3.05, 3.63) is 47.4 Å². The number of hydrogen-bond acceptors (Lipinski definition) is 6. The molecule has 33 heavy (non-hydrogen) atoms. The molecule has 0 unspecified atom stereocenters. The SMILES string of the molecule is COCCNc1nc(C2CCN(CC(=O)Nc3c(C)nn(C)c3C)CC2)cc2ccccc12. The normalized spacial score (nSPS) is 15.2. The molecule has 0 atom stereocenters. The van der Waals surface area contributed by atoms with Gasteiger partial charge in [0.1, 0.15) is 5.82 Å². The molecule has 8 nitrogen and oxygen atoms in total. The smallest absolute Gasteiger partial charge is 0.238 e. The van der Waals surface area contributed by atoms with Gasteiger partial charge in [0.15, 0.2) is 0 Å². The molecule has 8 heteroatoms. The van der Waals surface area contributed by atoms with E-state index in [2.05, 4.69) is 44.9 Å². The molecule has 3 aromatic rings. The Kier molecular flexibility index (Phi) is 7.25. The molecule has 0 radical (unpaired) electrons. The largest absolute Gasteiger partial charge is 0.383 e. The van der Waals surface area contributed by atoms with Crippen LogP contribution in [0.25, 0.3) is 10.8 Å². The lowest BCUT2D eigenvalue weighted by molar-refractivity contribution is -0.117. The number of ether oxygens (including phenoxy) is 1. The number of hydrogen-bond donors (Lipinski definition) is 2. The molecule has 0 spiro atoms. The zero-order chi connectivity index (χ0) is 23.4. The van der Waals surface area contributed by atoms with Crippen molar-refractivity contribution in [3.8, 4) is 0 Å². The van der Waals surface area contributed by atoms with Gasteiger partial charge in [-0.3, -0.25) is 14.4 Å². The Balaban J connectivity index is 1.38. The van der Waals surface area contributed by atoms with Crippen LogP contribution in [0.4, 0.5) is 11.5 Å². The number of carbonyl (C=O) groups excluding carboxylic acids is 1. The highest BCUT2D eigenvalue weighted by molar-refractivity contribution is 5.93. The van der Waals surface area contributed by atoms with Gasteiger partial charge in [0.2, 0.25) is 5.91 Å². The van der Waals surface area contributed by atoms with E-state index >= 15 is 0 Å². The number of aryl methyl sites for hydroxylation is 2. The van der Waals surface area contributed by atoms with Crippen molar-refractivity contribution in [2.45, 2.75) is 32.6 Å². The summed E-state index contributed by atoms with van der Waals surface area (Å²) in [6, 6.07) is 10.6. The highest BCUT2D eigenvalue weighted by Gasteiger charge is 2.24. The lowest BCUT2D eigenvalue weighted by Gasteiger charge is -2.31. The van der Waals surface area contributed by atoms with Crippen LogP contribution < -0.4 is 10.6 Å². The molecule has 3 heterocycles. The van der Waals surface area contributed by atoms with Crippen LogP contribution >= 0.6 is 0 Å². The third-order valence-electron chi connectivity index (χ3n) is 6.51. The van der Waals surface area contributed by atoms with E-state index in [-0.39, 0.29) is 5.91 Å². The average molecular weight is 451 g/mol. The van der Waals surface area contributed by atoms with E-state index in [0.29, 0.717) is 19.1 Å². The summed E-state index contributed by atoms with van der Waals surface area (Å²) >= 11 is 0. The molecule has 1 saturated heterocycles. The second kappa shape index (κ2) is 10.3. The number of pyridine rings is 1. The number of carbonyl (C=O) groups is 1. The number of likely N-dealkylation sites (tertiary alicyclic amines) is 1. The Bertz CT molecular complexity index is 1120. The zero-order valence-corrected chi connectivity index (χ0v) is 20.0. The topological polar surface area (TPSA) is 84.3 Å². The minimum Gasteiger partial charge on any atom is -0.383 e. The van der Waals surface area contributed by atoms with Gasteiger partial charge >= 0.3 is 0 Å². The maximum atomic E-state index is 12.6. The van der Waals surface area contributed by atoms with Crippen molar-refractivity contribution in [3.63, 3.8) is 0 Å². The monoisotopic (exact) mass is 450 g/mol. The highest BCUT2D eigenvalue weighted by atomic mass is 16.5. The molecule has 4 rings (SSSR count). The van der Waals surface area contributed by atoms with E-state index in [4.69, 9.17) is 9.72 Å². The third-order valence-corrected chi connectivity index (χ3v) is 6.51. The Labute approximate surface area is 195 Å². The van der Waals surface area contributed by atoms with Crippen molar-refractivity contribution >= 4 is 28.2 Å². The molecule has 0 aliphatic carbocycles. The molecule has 2 aromatic heterocycles. The average Bonchev–Trinajstić information content (AvgIpc) is 3.05. The number of methoxy groups -OCH3 is 1. The van der Waals surface area contributed by atoms with Crippen LogP contribution in [0.3, 0.4) is 0 Å². The summed E-state index contributed by atoms with van der Waals surface area (Å²) in [5.41, 5.74) is 3.77. The predicted molar refractivity (Wildman–Crippen MR) is 132 cm³/mol.